The Morgan fingerprint density at radius 3 is 2.56 bits per heavy atom. The van der Waals surface area contributed by atoms with Gasteiger partial charge in [0.05, 0.1) is 6.42 Å². The van der Waals surface area contributed by atoms with Gasteiger partial charge in [0.15, 0.2) is 0 Å². The molecule has 4 nitrogen and oxygen atoms in total. The molecule has 138 valence electrons. The van der Waals surface area contributed by atoms with Crippen molar-refractivity contribution >= 4 is 29.1 Å². The molecule has 0 saturated heterocycles. The Bertz CT molecular complexity index is 900. The van der Waals surface area contributed by atoms with Crippen LogP contribution in [0, 0.1) is 0 Å². The first-order valence-electron chi connectivity index (χ1n) is 8.41. The summed E-state index contributed by atoms with van der Waals surface area (Å²) < 4.78 is 5.72. The summed E-state index contributed by atoms with van der Waals surface area (Å²) in [7, 11) is 0. The lowest BCUT2D eigenvalue weighted by Gasteiger charge is -2.09. The average Bonchev–Trinajstić information content (AvgIpc) is 2.68. The molecule has 0 spiro atoms. The number of carbonyl (C=O) groups excluding carboxylic acids is 1. The van der Waals surface area contributed by atoms with Gasteiger partial charge in [0.25, 0.3) is 0 Å². The van der Waals surface area contributed by atoms with Crippen molar-refractivity contribution < 1.29 is 9.53 Å². The zero-order chi connectivity index (χ0) is 19.1. The van der Waals surface area contributed by atoms with Gasteiger partial charge in [-0.05, 0) is 41.5 Å². The molecule has 3 aromatic rings. The third-order valence-corrected chi connectivity index (χ3v) is 4.49. The van der Waals surface area contributed by atoms with Crippen LogP contribution in [-0.4, -0.2) is 10.9 Å². The molecule has 1 N–H and O–H groups in total. The van der Waals surface area contributed by atoms with Crippen LogP contribution in [0.4, 0.5) is 0 Å². The zero-order valence-electron chi connectivity index (χ0n) is 14.5. The third kappa shape index (κ3) is 5.98. The number of ether oxygens (including phenoxy) is 1. The van der Waals surface area contributed by atoms with Crippen LogP contribution in [0.2, 0.25) is 10.0 Å². The minimum atomic E-state index is -0.101. The van der Waals surface area contributed by atoms with Crippen molar-refractivity contribution in [2.24, 2.45) is 0 Å². The lowest BCUT2D eigenvalue weighted by Crippen LogP contribution is -2.24. The molecule has 2 aromatic carbocycles. The van der Waals surface area contributed by atoms with E-state index in [-0.39, 0.29) is 12.3 Å². The molecule has 0 aliphatic heterocycles. The maximum Gasteiger partial charge on any atom is 0.224 e. The van der Waals surface area contributed by atoms with E-state index in [0.717, 1.165) is 22.4 Å². The van der Waals surface area contributed by atoms with Gasteiger partial charge in [-0.3, -0.25) is 9.78 Å². The highest BCUT2D eigenvalue weighted by molar-refractivity contribution is 6.35. The molecular formula is C21H18Cl2N2O2. The van der Waals surface area contributed by atoms with Crippen molar-refractivity contribution in [1.82, 2.24) is 10.3 Å². The Kier molecular flexibility index (Phi) is 6.69. The predicted octanol–water partition coefficient (Wildman–Crippen LogP) is 4.83. The fraction of sp³-hybridized carbons (Fsp3) is 0.143. The minimum Gasteiger partial charge on any atom is -0.489 e. The molecule has 1 amide bonds. The second-order valence-electron chi connectivity index (χ2n) is 5.98. The van der Waals surface area contributed by atoms with Gasteiger partial charge in [0.1, 0.15) is 12.4 Å². The largest absolute Gasteiger partial charge is 0.489 e. The topological polar surface area (TPSA) is 51.2 Å². The maximum atomic E-state index is 12.1. The lowest BCUT2D eigenvalue weighted by molar-refractivity contribution is -0.120. The molecule has 1 aromatic heterocycles. The first-order chi connectivity index (χ1) is 13.1. The molecule has 27 heavy (non-hydrogen) atoms. The minimum absolute atomic E-state index is 0.101. The van der Waals surface area contributed by atoms with Crippen molar-refractivity contribution in [1.29, 1.82) is 0 Å². The third-order valence-electron chi connectivity index (χ3n) is 3.91. The van der Waals surface area contributed by atoms with E-state index in [1.54, 1.807) is 30.6 Å². The maximum absolute atomic E-state index is 12.1. The van der Waals surface area contributed by atoms with Crippen LogP contribution in [0.1, 0.15) is 16.7 Å². The summed E-state index contributed by atoms with van der Waals surface area (Å²) in [5.74, 6) is 0.665. The Labute approximate surface area is 168 Å². The van der Waals surface area contributed by atoms with Crippen LogP contribution in [0.25, 0.3) is 0 Å². The van der Waals surface area contributed by atoms with E-state index < -0.39 is 0 Å². The number of nitrogens with zero attached hydrogens (tertiary/aromatic N) is 1. The molecule has 0 aliphatic carbocycles. The van der Waals surface area contributed by atoms with Crippen LogP contribution >= 0.6 is 23.2 Å². The number of nitrogens with one attached hydrogen (secondary N) is 1. The van der Waals surface area contributed by atoms with Crippen molar-refractivity contribution in [2.45, 2.75) is 19.6 Å². The van der Waals surface area contributed by atoms with E-state index in [1.165, 1.54) is 0 Å². The van der Waals surface area contributed by atoms with E-state index in [4.69, 9.17) is 27.9 Å². The van der Waals surface area contributed by atoms with E-state index in [2.05, 4.69) is 10.3 Å². The highest BCUT2D eigenvalue weighted by atomic mass is 35.5. The van der Waals surface area contributed by atoms with E-state index >= 15 is 0 Å². The van der Waals surface area contributed by atoms with E-state index in [1.807, 2.05) is 36.4 Å². The van der Waals surface area contributed by atoms with Crippen molar-refractivity contribution in [3.05, 3.63) is 93.7 Å². The number of amides is 1. The van der Waals surface area contributed by atoms with Gasteiger partial charge < -0.3 is 10.1 Å². The molecule has 3 rings (SSSR count). The Hall–Kier alpha value is -2.56. The zero-order valence-corrected chi connectivity index (χ0v) is 16.0. The van der Waals surface area contributed by atoms with Crippen LogP contribution in [0.15, 0.2) is 67.0 Å². The standard InChI is InChI=1S/C21H18Cl2N2O2/c22-18-6-5-17(20(23)11-18)10-21(26)25-13-15-3-7-19(8-4-15)27-14-16-2-1-9-24-12-16/h1-9,11-12H,10,13-14H2,(H,25,26). The fourth-order valence-corrected chi connectivity index (χ4v) is 2.93. The van der Waals surface area contributed by atoms with Crippen molar-refractivity contribution in [2.75, 3.05) is 0 Å². The smallest absolute Gasteiger partial charge is 0.224 e. The van der Waals surface area contributed by atoms with Crippen molar-refractivity contribution in [3.63, 3.8) is 0 Å². The summed E-state index contributed by atoms with van der Waals surface area (Å²) in [4.78, 5) is 16.2. The van der Waals surface area contributed by atoms with Gasteiger partial charge in [-0.2, -0.15) is 0 Å². The lowest BCUT2D eigenvalue weighted by atomic mass is 10.1. The molecular weight excluding hydrogens is 383 g/mol. The van der Waals surface area contributed by atoms with Crippen molar-refractivity contribution in [3.8, 4) is 5.75 Å². The Balaban J connectivity index is 1.47. The Morgan fingerprint density at radius 1 is 1.04 bits per heavy atom. The molecule has 0 aliphatic rings. The molecule has 0 unspecified atom stereocenters. The number of aromatic nitrogens is 1. The monoisotopic (exact) mass is 400 g/mol. The van der Waals surface area contributed by atoms with Gasteiger partial charge in [0.2, 0.25) is 5.91 Å². The highest BCUT2D eigenvalue weighted by Crippen LogP contribution is 2.21. The van der Waals surface area contributed by atoms with Gasteiger partial charge in [-0.25, -0.2) is 0 Å². The normalized spacial score (nSPS) is 10.4. The van der Waals surface area contributed by atoms with Gasteiger partial charge in [-0.1, -0.05) is 47.5 Å². The Morgan fingerprint density at radius 2 is 1.85 bits per heavy atom. The van der Waals surface area contributed by atoms with Crippen LogP contribution in [0.5, 0.6) is 5.75 Å². The summed E-state index contributed by atoms with van der Waals surface area (Å²) in [6.07, 6.45) is 3.71. The summed E-state index contributed by atoms with van der Waals surface area (Å²) in [5, 5.41) is 3.93. The molecule has 0 radical (unpaired) electrons. The number of benzene rings is 2. The number of pyridine rings is 1. The molecule has 0 bridgehead atoms. The fourth-order valence-electron chi connectivity index (χ4n) is 2.45. The van der Waals surface area contributed by atoms with E-state index in [9.17, 15) is 4.79 Å². The predicted molar refractivity (Wildman–Crippen MR) is 107 cm³/mol. The summed E-state index contributed by atoms with van der Waals surface area (Å²) >= 11 is 12.0. The molecule has 0 fully saturated rings. The summed E-state index contributed by atoms with van der Waals surface area (Å²) in [6.45, 7) is 0.901. The van der Waals surface area contributed by atoms with E-state index in [0.29, 0.717) is 23.2 Å². The highest BCUT2D eigenvalue weighted by Gasteiger charge is 2.07. The quantitative estimate of drug-likeness (QED) is 0.617. The number of halogens is 2. The second-order valence-corrected chi connectivity index (χ2v) is 6.83. The number of hydrogen-bond donors (Lipinski definition) is 1. The average molecular weight is 401 g/mol. The molecule has 0 atom stereocenters. The van der Waals surface area contributed by atoms with Gasteiger partial charge >= 0.3 is 0 Å². The van der Waals surface area contributed by atoms with Gasteiger partial charge in [-0.15, -0.1) is 0 Å². The first-order valence-corrected chi connectivity index (χ1v) is 9.17. The number of rotatable bonds is 7. The first kappa shape index (κ1) is 19.2. The van der Waals surface area contributed by atoms with Gasteiger partial charge in [0, 0.05) is 34.5 Å². The summed E-state index contributed by atoms with van der Waals surface area (Å²) in [5.41, 5.74) is 2.74. The van der Waals surface area contributed by atoms with Crippen LogP contribution in [0.3, 0.4) is 0 Å². The molecule has 1 heterocycles. The summed E-state index contributed by atoms with van der Waals surface area (Å²) in [6, 6.07) is 16.6. The molecule has 6 heteroatoms. The van der Waals surface area contributed by atoms with Crippen LogP contribution < -0.4 is 10.1 Å². The molecule has 0 saturated carbocycles. The number of hydrogen-bond acceptors (Lipinski definition) is 3. The number of carbonyl (C=O) groups is 1. The van der Waals surface area contributed by atoms with Crippen LogP contribution in [-0.2, 0) is 24.4 Å². The second kappa shape index (κ2) is 9.40. The SMILES string of the molecule is O=C(Cc1ccc(Cl)cc1Cl)NCc1ccc(OCc2cccnc2)cc1.